The fourth-order valence-corrected chi connectivity index (χ4v) is 5.19. The largest absolute Gasteiger partial charge is 0.497 e. The Labute approximate surface area is 203 Å². The Morgan fingerprint density at radius 2 is 1.66 bits per heavy atom. The normalized spacial score (nSPS) is 18.9. The number of ether oxygens (including phenoxy) is 4. The van der Waals surface area contributed by atoms with E-state index in [1.165, 1.54) is 0 Å². The molecule has 0 radical (unpaired) electrons. The number of methoxy groups -OCH3 is 4. The number of carbonyl (C=O) groups is 1. The molecule has 1 N–H and O–H groups in total. The fraction of sp³-hybridized carbons (Fsp3) is 0.333. The number of fused-ring (bicyclic) bond motifs is 1. The molecule has 0 saturated heterocycles. The Kier molecular flexibility index (Phi) is 5.88. The predicted octanol–water partition coefficient (Wildman–Crippen LogP) is 4.98. The molecule has 0 saturated carbocycles. The van der Waals surface area contributed by atoms with Crippen molar-refractivity contribution in [1.82, 2.24) is 5.16 Å². The van der Waals surface area contributed by atoms with Crippen molar-refractivity contribution in [1.29, 1.82) is 0 Å². The number of ketones is 1. The molecule has 2 heterocycles. The topological polar surface area (TPSA) is 92.0 Å². The van der Waals surface area contributed by atoms with Crippen molar-refractivity contribution in [3.8, 4) is 23.0 Å². The van der Waals surface area contributed by atoms with E-state index < -0.39 is 0 Å². The molecule has 8 heteroatoms. The van der Waals surface area contributed by atoms with Crippen molar-refractivity contribution >= 4 is 11.7 Å². The van der Waals surface area contributed by atoms with Crippen LogP contribution in [0, 0.1) is 6.92 Å². The standard InChI is InChI=1S/C27H28N2O6/c1-14-24-25(18-13-17(31-2)7-9-21(18)32-3)26-19(28-27(24)35-29-14)10-16(11-20(26)30)15-6-8-22(33-4)23(12-15)34-5/h6-9,12-13,16,25,28H,10-11H2,1-5H3/t16-,25+/m0/s1. The van der Waals surface area contributed by atoms with E-state index in [9.17, 15) is 4.79 Å². The number of Topliss-reactive ketones (excluding diaryl/α,β-unsaturated/α-hetero) is 1. The van der Waals surface area contributed by atoms with Crippen LogP contribution < -0.4 is 24.3 Å². The summed E-state index contributed by atoms with van der Waals surface area (Å²) in [5.74, 6) is 2.87. The molecule has 0 amide bonds. The van der Waals surface area contributed by atoms with Gasteiger partial charge in [0.05, 0.1) is 45.6 Å². The minimum absolute atomic E-state index is 0.0213. The van der Waals surface area contributed by atoms with Gasteiger partial charge in [0.2, 0.25) is 5.88 Å². The van der Waals surface area contributed by atoms with E-state index in [-0.39, 0.29) is 17.6 Å². The zero-order valence-electron chi connectivity index (χ0n) is 20.4. The number of rotatable bonds is 6. The lowest BCUT2D eigenvalue weighted by Gasteiger charge is -2.35. The highest BCUT2D eigenvalue weighted by Gasteiger charge is 2.42. The molecule has 0 unspecified atom stereocenters. The Balaban J connectivity index is 1.62. The van der Waals surface area contributed by atoms with Crippen LogP contribution in [0.4, 0.5) is 5.88 Å². The maximum atomic E-state index is 13.8. The molecule has 0 fully saturated rings. The van der Waals surface area contributed by atoms with E-state index >= 15 is 0 Å². The number of allylic oxidation sites excluding steroid dienone is 2. The molecule has 1 aliphatic carbocycles. The van der Waals surface area contributed by atoms with Gasteiger partial charge < -0.3 is 28.8 Å². The molecule has 2 atom stereocenters. The lowest BCUT2D eigenvalue weighted by molar-refractivity contribution is -0.116. The second kappa shape index (κ2) is 9.02. The minimum atomic E-state index is -0.378. The van der Waals surface area contributed by atoms with Gasteiger partial charge in [0.15, 0.2) is 17.3 Å². The molecule has 1 aromatic heterocycles. The van der Waals surface area contributed by atoms with Gasteiger partial charge in [-0.25, -0.2) is 0 Å². The van der Waals surface area contributed by atoms with Crippen LogP contribution in [0.25, 0.3) is 0 Å². The minimum Gasteiger partial charge on any atom is -0.497 e. The molecule has 8 nitrogen and oxygen atoms in total. The molecule has 3 aromatic rings. The molecule has 1 aliphatic heterocycles. The lowest BCUT2D eigenvalue weighted by atomic mass is 9.72. The third-order valence-electron chi connectivity index (χ3n) is 6.88. The van der Waals surface area contributed by atoms with E-state index in [0.717, 1.165) is 28.1 Å². The average molecular weight is 477 g/mol. The first kappa shape index (κ1) is 22.8. The van der Waals surface area contributed by atoms with Crippen LogP contribution in [0.15, 0.2) is 52.2 Å². The van der Waals surface area contributed by atoms with Gasteiger partial charge in [-0.1, -0.05) is 11.2 Å². The van der Waals surface area contributed by atoms with Crippen molar-refractivity contribution < 1.29 is 28.3 Å². The maximum Gasteiger partial charge on any atom is 0.233 e. The van der Waals surface area contributed by atoms with Gasteiger partial charge in [-0.3, -0.25) is 4.79 Å². The molecule has 0 bridgehead atoms. The Bertz CT molecular complexity index is 1330. The van der Waals surface area contributed by atoms with Crippen LogP contribution >= 0.6 is 0 Å². The lowest BCUT2D eigenvalue weighted by Crippen LogP contribution is -2.29. The van der Waals surface area contributed by atoms with Crippen molar-refractivity contribution in [2.24, 2.45) is 0 Å². The van der Waals surface area contributed by atoms with Crippen LogP contribution in [-0.4, -0.2) is 39.4 Å². The number of hydrogen-bond donors (Lipinski definition) is 1. The molecule has 182 valence electrons. The first-order valence-corrected chi connectivity index (χ1v) is 11.4. The summed E-state index contributed by atoms with van der Waals surface area (Å²) < 4.78 is 27.7. The van der Waals surface area contributed by atoms with Crippen LogP contribution in [0.2, 0.25) is 0 Å². The zero-order valence-corrected chi connectivity index (χ0v) is 20.4. The Hall–Kier alpha value is -3.94. The first-order valence-electron chi connectivity index (χ1n) is 11.4. The van der Waals surface area contributed by atoms with Crippen molar-refractivity contribution in [3.05, 3.63) is 70.1 Å². The summed E-state index contributed by atoms with van der Waals surface area (Å²) in [4.78, 5) is 13.8. The maximum absolute atomic E-state index is 13.8. The summed E-state index contributed by atoms with van der Waals surface area (Å²) in [6, 6.07) is 11.4. The molecule has 2 aromatic carbocycles. The second-order valence-corrected chi connectivity index (χ2v) is 8.71. The Morgan fingerprint density at radius 1 is 0.914 bits per heavy atom. The highest BCUT2D eigenvalue weighted by atomic mass is 16.5. The summed E-state index contributed by atoms with van der Waals surface area (Å²) in [5, 5.41) is 7.56. The average Bonchev–Trinajstić information content (AvgIpc) is 3.26. The summed E-state index contributed by atoms with van der Waals surface area (Å²) in [6.45, 7) is 1.88. The van der Waals surface area contributed by atoms with Gasteiger partial charge >= 0.3 is 0 Å². The van der Waals surface area contributed by atoms with E-state index in [0.29, 0.717) is 47.3 Å². The number of hydrogen-bond acceptors (Lipinski definition) is 8. The van der Waals surface area contributed by atoms with Gasteiger partial charge in [-0.15, -0.1) is 0 Å². The van der Waals surface area contributed by atoms with E-state index in [4.69, 9.17) is 23.5 Å². The van der Waals surface area contributed by atoms with Crippen molar-refractivity contribution in [3.63, 3.8) is 0 Å². The van der Waals surface area contributed by atoms with Gasteiger partial charge in [0.25, 0.3) is 0 Å². The molecule has 35 heavy (non-hydrogen) atoms. The monoisotopic (exact) mass is 476 g/mol. The smallest absolute Gasteiger partial charge is 0.233 e. The van der Waals surface area contributed by atoms with E-state index in [2.05, 4.69) is 10.5 Å². The molecule has 5 rings (SSSR count). The molecule has 0 spiro atoms. The number of aryl methyl sites for hydroxylation is 1. The highest BCUT2D eigenvalue weighted by Crippen LogP contribution is 2.51. The number of anilines is 1. The number of nitrogens with one attached hydrogen (secondary N) is 1. The molecular weight excluding hydrogens is 448 g/mol. The number of aromatic nitrogens is 1. The van der Waals surface area contributed by atoms with Gasteiger partial charge in [-0.2, -0.15) is 0 Å². The van der Waals surface area contributed by atoms with Crippen LogP contribution in [-0.2, 0) is 4.79 Å². The molecule has 2 aliphatic rings. The quantitative estimate of drug-likeness (QED) is 0.533. The van der Waals surface area contributed by atoms with Crippen LogP contribution in [0.3, 0.4) is 0 Å². The van der Waals surface area contributed by atoms with Gasteiger partial charge in [-0.05, 0) is 55.2 Å². The van der Waals surface area contributed by atoms with Crippen molar-refractivity contribution in [2.45, 2.75) is 31.6 Å². The van der Waals surface area contributed by atoms with E-state index in [1.54, 1.807) is 28.4 Å². The number of benzene rings is 2. The summed E-state index contributed by atoms with van der Waals surface area (Å²) in [7, 11) is 6.46. The third kappa shape index (κ3) is 3.79. The second-order valence-electron chi connectivity index (χ2n) is 8.71. The van der Waals surface area contributed by atoms with Crippen LogP contribution in [0.5, 0.6) is 23.0 Å². The zero-order chi connectivity index (χ0) is 24.7. The number of carbonyl (C=O) groups excluding carboxylic acids is 1. The van der Waals surface area contributed by atoms with Crippen molar-refractivity contribution in [2.75, 3.05) is 33.8 Å². The van der Waals surface area contributed by atoms with Gasteiger partial charge in [0.1, 0.15) is 11.5 Å². The van der Waals surface area contributed by atoms with Crippen LogP contribution in [0.1, 0.15) is 47.1 Å². The summed E-state index contributed by atoms with van der Waals surface area (Å²) >= 11 is 0. The number of nitrogens with zero attached hydrogens (tertiary/aromatic N) is 1. The van der Waals surface area contributed by atoms with E-state index in [1.807, 2.05) is 43.3 Å². The SMILES string of the molecule is COc1ccc(OC)c([C@H]2C3=C(C[C@H](c4ccc(OC)c(OC)c4)CC3=O)Nc3onc(C)c32)c1. The van der Waals surface area contributed by atoms with Gasteiger partial charge in [0, 0.05) is 23.3 Å². The summed E-state index contributed by atoms with van der Waals surface area (Å²) in [6.07, 6.45) is 1.01. The fourth-order valence-electron chi connectivity index (χ4n) is 5.19. The highest BCUT2D eigenvalue weighted by molar-refractivity contribution is 6.01. The summed E-state index contributed by atoms with van der Waals surface area (Å²) in [5.41, 5.74) is 4.97. The third-order valence-corrected chi connectivity index (χ3v) is 6.88. The predicted molar refractivity (Wildman–Crippen MR) is 130 cm³/mol. The molecular formula is C27H28N2O6. The first-order chi connectivity index (χ1) is 17.0. The Morgan fingerprint density at radius 3 is 2.37 bits per heavy atom.